The van der Waals surface area contributed by atoms with E-state index in [4.69, 9.17) is 6.57 Å². The van der Waals surface area contributed by atoms with E-state index >= 15 is 0 Å². The Labute approximate surface area is 828 Å². The van der Waals surface area contributed by atoms with E-state index in [0.717, 1.165) is 199 Å². The molecule has 0 amide bonds. The summed E-state index contributed by atoms with van der Waals surface area (Å²) in [6.07, 6.45) is 0. The van der Waals surface area contributed by atoms with E-state index in [1.54, 1.807) is 0 Å². The van der Waals surface area contributed by atoms with Crippen molar-refractivity contribution in [3.63, 3.8) is 0 Å². The molecule has 0 saturated carbocycles. The minimum Gasteiger partial charge on any atom is -0.309 e. The molecule has 0 unspecified atom stereocenters. The van der Waals surface area contributed by atoms with Crippen molar-refractivity contribution in [1.82, 2.24) is 27.4 Å². The number of aromatic nitrogens is 6. The highest BCUT2D eigenvalue weighted by atomic mass is 15.0. The first kappa shape index (κ1) is 85.1. The fourth-order valence-electron chi connectivity index (χ4n) is 21.6. The molecular formula is C132H78N12. The Morgan fingerprint density at radius 2 is 0.368 bits per heavy atom. The second-order valence-corrected chi connectivity index (χ2v) is 36.2. The van der Waals surface area contributed by atoms with Gasteiger partial charge in [-0.1, -0.05) is 267 Å². The molecule has 12 nitrogen and oxygen atoms in total. The van der Waals surface area contributed by atoms with Crippen molar-refractivity contribution >= 4 is 137 Å². The molecule has 27 aromatic rings. The Kier molecular flexibility index (Phi) is 21.0. The summed E-state index contributed by atoms with van der Waals surface area (Å²) in [7, 11) is 0. The highest BCUT2D eigenvalue weighted by Crippen LogP contribution is 2.46. The quantitative estimate of drug-likeness (QED) is 0.111. The molecule has 6 aromatic heterocycles. The number of fused-ring (bicyclic) bond motifs is 18. The third-order valence-electron chi connectivity index (χ3n) is 28.0. The first-order valence-corrected chi connectivity index (χ1v) is 47.6. The Balaban J connectivity index is 0.000000113. The monoisotopic (exact) mass is 1830 g/mol. The summed E-state index contributed by atoms with van der Waals surface area (Å²) < 4.78 is 14.0. The lowest BCUT2D eigenvalue weighted by Gasteiger charge is -2.16. The molecule has 0 spiro atoms. The molecule has 666 valence electrons. The maximum absolute atomic E-state index is 9.73. The molecule has 0 fully saturated rings. The third kappa shape index (κ3) is 14.7. The Bertz CT molecular complexity index is 10100. The van der Waals surface area contributed by atoms with Gasteiger partial charge in [-0.05, 0) is 273 Å². The van der Waals surface area contributed by atoms with Crippen molar-refractivity contribution < 1.29 is 0 Å². The fraction of sp³-hybridized carbons (Fsp3) is 0. The second kappa shape index (κ2) is 35.5. The van der Waals surface area contributed by atoms with Crippen molar-refractivity contribution in [3.05, 3.63) is 512 Å². The van der Waals surface area contributed by atoms with Crippen LogP contribution in [0.1, 0.15) is 27.8 Å². The van der Waals surface area contributed by atoms with E-state index in [1.807, 2.05) is 109 Å². The number of hydrogen-bond donors (Lipinski definition) is 0. The highest BCUT2D eigenvalue weighted by Gasteiger charge is 2.25. The van der Waals surface area contributed by atoms with Crippen LogP contribution < -0.4 is 0 Å². The lowest BCUT2D eigenvalue weighted by Crippen LogP contribution is -2.00. The minimum atomic E-state index is 0.636. The standard InChI is InChI=1S/3C44H26N4/c1-46-40-17-6-2-13-35(40)31-12-10-11-30(24-31)32-25-33(47-41-18-7-3-14-36(41)37-15-4-8-19-42(37)47)27-34(26-32)48-43-20-9-5-16-38(43)39-23-29(28-45)21-22-44(39)48;45-27-29-9-7-10-31(21-29)32-11-8-12-33(23-32)34-24-35(47-41-16-4-1-13-37(41)38-14-2-5-17-42(38)47)26-36(25-34)48-43-18-6-3-15-39(43)40-22-30(28-46)19-20-44(40)48;45-27-29-16-19-31(20-17-29)32-8-7-9-33(23-32)34-24-35(47-41-13-4-1-10-37(41)38-11-2-5-14-42(38)47)26-36(25-34)48-43-15-6-3-12-39(43)40-22-30(28-46)18-21-44(40)48/h2-27H;2*1-26H. The lowest BCUT2D eigenvalue weighted by atomic mass is 9.97. The second-order valence-electron chi connectivity index (χ2n) is 36.2. The van der Waals surface area contributed by atoms with Crippen LogP contribution in [0.3, 0.4) is 0 Å². The molecule has 12 heteroatoms. The number of nitriles is 5. The first-order valence-electron chi connectivity index (χ1n) is 47.6. The number of benzene rings is 21. The van der Waals surface area contributed by atoms with Crippen LogP contribution in [0.5, 0.6) is 0 Å². The van der Waals surface area contributed by atoms with E-state index in [2.05, 4.69) is 427 Å². The molecule has 0 aliphatic rings. The Morgan fingerprint density at radius 1 is 0.153 bits per heavy atom. The molecule has 0 atom stereocenters. The van der Waals surface area contributed by atoms with Gasteiger partial charge in [-0.15, -0.1) is 0 Å². The molecular weight excluding hydrogens is 1750 g/mol. The normalized spacial score (nSPS) is 11.3. The van der Waals surface area contributed by atoms with Gasteiger partial charge in [0.05, 0.1) is 131 Å². The molecule has 0 aliphatic heterocycles. The van der Waals surface area contributed by atoms with Gasteiger partial charge in [-0.3, -0.25) is 0 Å². The van der Waals surface area contributed by atoms with Gasteiger partial charge >= 0.3 is 0 Å². The number of hydrogen-bond acceptors (Lipinski definition) is 5. The van der Waals surface area contributed by atoms with Crippen LogP contribution in [-0.4, -0.2) is 27.4 Å². The molecule has 27 rings (SSSR count). The summed E-state index contributed by atoms with van der Waals surface area (Å²) >= 11 is 0. The third-order valence-corrected chi connectivity index (χ3v) is 28.0. The van der Waals surface area contributed by atoms with Crippen LogP contribution >= 0.6 is 0 Å². The van der Waals surface area contributed by atoms with Crippen LogP contribution in [0, 0.1) is 63.2 Å². The van der Waals surface area contributed by atoms with Crippen molar-refractivity contribution in [2.24, 2.45) is 0 Å². The zero-order chi connectivity index (χ0) is 96.6. The van der Waals surface area contributed by atoms with Gasteiger partial charge in [0.15, 0.2) is 5.69 Å². The van der Waals surface area contributed by atoms with Gasteiger partial charge in [-0.2, -0.15) is 26.3 Å². The maximum atomic E-state index is 9.73. The minimum absolute atomic E-state index is 0.636. The summed E-state index contributed by atoms with van der Waals surface area (Å²) in [4.78, 5) is 3.80. The highest BCUT2D eigenvalue weighted by molar-refractivity contribution is 6.16. The predicted molar refractivity (Wildman–Crippen MR) is 588 cm³/mol. The summed E-state index contributed by atoms with van der Waals surface area (Å²) in [5.74, 6) is 0. The van der Waals surface area contributed by atoms with E-state index in [9.17, 15) is 26.3 Å². The van der Waals surface area contributed by atoms with Gasteiger partial charge in [-0.25, -0.2) is 4.85 Å². The summed E-state index contributed by atoms with van der Waals surface area (Å²) in [5.41, 5.74) is 35.9. The molecule has 0 aliphatic carbocycles. The smallest absolute Gasteiger partial charge is 0.194 e. The molecule has 21 aromatic carbocycles. The van der Waals surface area contributed by atoms with Gasteiger partial charge in [0.1, 0.15) is 0 Å². The van der Waals surface area contributed by atoms with Crippen LogP contribution in [0.4, 0.5) is 5.69 Å². The number of rotatable bonds is 12. The van der Waals surface area contributed by atoms with Gasteiger partial charge in [0.2, 0.25) is 0 Å². The van der Waals surface area contributed by atoms with E-state index in [-0.39, 0.29) is 0 Å². The van der Waals surface area contributed by atoms with Crippen LogP contribution in [-0.2, 0) is 0 Å². The van der Waals surface area contributed by atoms with Crippen molar-refractivity contribution in [2.75, 3.05) is 0 Å². The lowest BCUT2D eigenvalue weighted by molar-refractivity contribution is 1.13. The zero-order valence-electron chi connectivity index (χ0n) is 77.4. The summed E-state index contributed by atoms with van der Waals surface area (Å²) in [5, 5.41) is 61.8. The van der Waals surface area contributed by atoms with E-state index < -0.39 is 0 Å². The Morgan fingerprint density at radius 3 is 0.660 bits per heavy atom. The van der Waals surface area contributed by atoms with Crippen LogP contribution in [0.25, 0.3) is 237 Å². The van der Waals surface area contributed by atoms with Crippen molar-refractivity contribution in [2.45, 2.75) is 0 Å². The maximum Gasteiger partial charge on any atom is 0.194 e. The molecule has 0 bridgehead atoms. The SMILES string of the molecule is N#Cc1ccc(-c2cccc(-c3cc(-n4c5ccccc5c5ccccc54)cc(-n4c5ccccc5c5cc(C#N)ccc54)c3)c2)cc1.N#Cc1cccc(-c2cccc(-c3cc(-n4c5ccccc5c5ccccc54)cc(-n4c5ccccc5c5cc(C#N)ccc54)c3)c2)c1.[C-]#[N+]c1ccccc1-c1cccc(-c2cc(-n3c4ccccc4c4ccccc43)cc(-n3c4ccccc4c4cc(C#N)ccc43)c2)c1. The largest absolute Gasteiger partial charge is 0.309 e. The first-order chi connectivity index (χ1) is 71.1. The van der Waals surface area contributed by atoms with Gasteiger partial charge in [0, 0.05) is 98.8 Å². The summed E-state index contributed by atoms with van der Waals surface area (Å²) in [6, 6.07) is 175. The van der Waals surface area contributed by atoms with Crippen LogP contribution in [0.2, 0.25) is 0 Å². The average molecular weight is 1830 g/mol. The molecule has 144 heavy (non-hydrogen) atoms. The topological polar surface area (TPSA) is 153 Å². The fourth-order valence-corrected chi connectivity index (χ4v) is 21.6. The number of nitrogens with zero attached hydrogens (tertiary/aromatic N) is 12. The Hall–Kier alpha value is -20.6. The predicted octanol–water partition coefficient (Wildman–Crippen LogP) is 33.6. The van der Waals surface area contributed by atoms with Gasteiger partial charge in [0.25, 0.3) is 0 Å². The van der Waals surface area contributed by atoms with E-state index in [0.29, 0.717) is 33.5 Å². The molecule has 0 N–H and O–H groups in total. The molecule has 0 saturated heterocycles. The average Bonchev–Trinajstić information content (AvgIpc) is 1.59. The van der Waals surface area contributed by atoms with Crippen molar-refractivity contribution in [1.29, 1.82) is 26.3 Å². The van der Waals surface area contributed by atoms with E-state index in [1.165, 1.54) is 32.3 Å². The van der Waals surface area contributed by atoms with Crippen molar-refractivity contribution in [3.8, 4) is 131 Å². The van der Waals surface area contributed by atoms with Crippen LogP contribution in [0.15, 0.2) is 473 Å². The van der Waals surface area contributed by atoms with Gasteiger partial charge < -0.3 is 27.4 Å². The molecule has 6 heterocycles. The zero-order valence-corrected chi connectivity index (χ0v) is 77.4. The number of para-hydroxylation sites is 10. The summed E-state index contributed by atoms with van der Waals surface area (Å²) in [6.45, 7) is 7.76. The molecule has 0 radical (unpaired) electrons.